The summed E-state index contributed by atoms with van der Waals surface area (Å²) in [7, 11) is 0. The maximum atomic E-state index is 6.08. The second kappa shape index (κ2) is 6.64. The average molecular weight is 283 g/mol. The van der Waals surface area contributed by atoms with Crippen molar-refractivity contribution in [3.63, 3.8) is 0 Å². The van der Waals surface area contributed by atoms with E-state index in [1.807, 2.05) is 49.4 Å². The van der Waals surface area contributed by atoms with E-state index in [0.29, 0.717) is 12.6 Å². The Labute approximate surface area is 125 Å². The molecule has 0 radical (unpaired) electrons. The Balaban J connectivity index is 1.77. The SMILES string of the molecule is CCOc1ccccc1Oc1ccccc1CNC1CC1. The molecule has 3 rings (SSSR count). The maximum Gasteiger partial charge on any atom is 0.169 e. The van der Waals surface area contributed by atoms with Gasteiger partial charge < -0.3 is 14.8 Å². The second-order valence-corrected chi connectivity index (χ2v) is 5.24. The molecule has 1 fully saturated rings. The molecule has 1 N–H and O–H groups in total. The molecule has 110 valence electrons. The molecule has 0 aliphatic heterocycles. The zero-order valence-electron chi connectivity index (χ0n) is 12.3. The smallest absolute Gasteiger partial charge is 0.169 e. The van der Waals surface area contributed by atoms with Crippen molar-refractivity contribution >= 4 is 0 Å². The Morgan fingerprint density at radius 3 is 2.33 bits per heavy atom. The Morgan fingerprint density at radius 2 is 1.62 bits per heavy atom. The minimum Gasteiger partial charge on any atom is -0.490 e. The van der Waals surface area contributed by atoms with Crippen molar-refractivity contribution < 1.29 is 9.47 Å². The lowest BCUT2D eigenvalue weighted by atomic mass is 10.2. The summed E-state index contributed by atoms with van der Waals surface area (Å²) in [6.07, 6.45) is 2.58. The van der Waals surface area contributed by atoms with Crippen molar-refractivity contribution in [3.05, 3.63) is 54.1 Å². The van der Waals surface area contributed by atoms with Gasteiger partial charge in [0.15, 0.2) is 11.5 Å². The number of para-hydroxylation sites is 3. The van der Waals surface area contributed by atoms with E-state index in [-0.39, 0.29) is 0 Å². The monoisotopic (exact) mass is 283 g/mol. The standard InChI is InChI=1S/C18H21NO2/c1-2-20-17-9-5-6-10-18(17)21-16-8-4-3-7-14(16)13-19-15-11-12-15/h3-10,15,19H,2,11-13H2,1H3. The highest BCUT2D eigenvalue weighted by molar-refractivity contribution is 5.44. The van der Waals surface area contributed by atoms with Gasteiger partial charge in [0.2, 0.25) is 0 Å². The van der Waals surface area contributed by atoms with Crippen LogP contribution in [0.25, 0.3) is 0 Å². The molecule has 1 aliphatic rings. The Hall–Kier alpha value is -2.00. The van der Waals surface area contributed by atoms with Gasteiger partial charge in [-0.15, -0.1) is 0 Å². The van der Waals surface area contributed by atoms with E-state index in [9.17, 15) is 0 Å². The zero-order valence-corrected chi connectivity index (χ0v) is 12.3. The first-order chi connectivity index (χ1) is 10.4. The summed E-state index contributed by atoms with van der Waals surface area (Å²) in [5.74, 6) is 2.43. The highest BCUT2D eigenvalue weighted by Crippen LogP contribution is 2.33. The van der Waals surface area contributed by atoms with E-state index in [4.69, 9.17) is 9.47 Å². The highest BCUT2D eigenvalue weighted by Gasteiger charge is 2.20. The molecule has 2 aromatic carbocycles. The van der Waals surface area contributed by atoms with Gasteiger partial charge in [-0.25, -0.2) is 0 Å². The van der Waals surface area contributed by atoms with E-state index >= 15 is 0 Å². The number of ether oxygens (including phenoxy) is 2. The van der Waals surface area contributed by atoms with Crippen molar-refractivity contribution in [3.8, 4) is 17.2 Å². The van der Waals surface area contributed by atoms with Crippen molar-refractivity contribution in [2.75, 3.05) is 6.61 Å². The van der Waals surface area contributed by atoms with Gasteiger partial charge in [-0.2, -0.15) is 0 Å². The topological polar surface area (TPSA) is 30.5 Å². The second-order valence-electron chi connectivity index (χ2n) is 5.24. The molecule has 3 nitrogen and oxygen atoms in total. The summed E-state index contributed by atoms with van der Waals surface area (Å²) in [4.78, 5) is 0. The fraction of sp³-hybridized carbons (Fsp3) is 0.333. The molecular formula is C18H21NO2. The van der Waals surface area contributed by atoms with Crippen LogP contribution in [0.15, 0.2) is 48.5 Å². The van der Waals surface area contributed by atoms with Gasteiger partial charge in [0.25, 0.3) is 0 Å². The van der Waals surface area contributed by atoms with Crippen molar-refractivity contribution in [2.45, 2.75) is 32.4 Å². The van der Waals surface area contributed by atoms with Crippen LogP contribution in [0.2, 0.25) is 0 Å². The molecule has 0 amide bonds. The third-order valence-corrected chi connectivity index (χ3v) is 3.50. The van der Waals surface area contributed by atoms with Gasteiger partial charge in [-0.05, 0) is 38.0 Å². The first kappa shape index (κ1) is 14.0. The van der Waals surface area contributed by atoms with E-state index in [2.05, 4.69) is 11.4 Å². The summed E-state index contributed by atoms with van der Waals surface area (Å²) in [5.41, 5.74) is 1.18. The first-order valence-corrected chi connectivity index (χ1v) is 7.58. The number of nitrogens with one attached hydrogen (secondary N) is 1. The average Bonchev–Trinajstić information content (AvgIpc) is 3.33. The molecule has 2 aromatic rings. The number of hydrogen-bond acceptors (Lipinski definition) is 3. The van der Waals surface area contributed by atoms with Gasteiger partial charge in [0, 0.05) is 18.2 Å². The fourth-order valence-corrected chi connectivity index (χ4v) is 2.22. The van der Waals surface area contributed by atoms with Crippen LogP contribution < -0.4 is 14.8 Å². The van der Waals surface area contributed by atoms with Crippen molar-refractivity contribution in [1.82, 2.24) is 5.32 Å². The molecule has 0 aromatic heterocycles. The summed E-state index contributed by atoms with van der Waals surface area (Å²) in [6, 6.07) is 16.6. The van der Waals surface area contributed by atoms with Crippen LogP contribution in [-0.4, -0.2) is 12.6 Å². The number of rotatable bonds is 7. The van der Waals surface area contributed by atoms with E-state index in [1.165, 1.54) is 18.4 Å². The normalized spacial score (nSPS) is 14.0. The van der Waals surface area contributed by atoms with Crippen LogP contribution >= 0.6 is 0 Å². The molecule has 0 spiro atoms. The predicted molar refractivity (Wildman–Crippen MR) is 84.0 cm³/mol. The van der Waals surface area contributed by atoms with Crippen molar-refractivity contribution in [2.24, 2.45) is 0 Å². The number of benzene rings is 2. The Kier molecular flexibility index (Phi) is 4.41. The third-order valence-electron chi connectivity index (χ3n) is 3.50. The molecule has 0 bridgehead atoms. The fourth-order valence-electron chi connectivity index (χ4n) is 2.22. The lowest BCUT2D eigenvalue weighted by Gasteiger charge is -2.14. The summed E-state index contributed by atoms with van der Waals surface area (Å²) in [5, 5.41) is 3.53. The third kappa shape index (κ3) is 3.76. The van der Waals surface area contributed by atoms with Crippen LogP contribution in [0.5, 0.6) is 17.2 Å². The lowest BCUT2D eigenvalue weighted by Crippen LogP contribution is -2.15. The summed E-state index contributed by atoms with van der Waals surface area (Å²) < 4.78 is 11.7. The molecule has 1 aliphatic carbocycles. The lowest BCUT2D eigenvalue weighted by molar-refractivity contribution is 0.321. The molecule has 1 saturated carbocycles. The largest absolute Gasteiger partial charge is 0.490 e. The summed E-state index contributed by atoms with van der Waals surface area (Å²) in [6.45, 7) is 3.45. The molecule has 0 unspecified atom stereocenters. The minimum absolute atomic E-state index is 0.630. The van der Waals surface area contributed by atoms with Gasteiger partial charge >= 0.3 is 0 Å². The van der Waals surface area contributed by atoms with Gasteiger partial charge in [-0.1, -0.05) is 30.3 Å². The van der Waals surface area contributed by atoms with Crippen LogP contribution in [0.3, 0.4) is 0 Å². The van der Waals surface area contributed by atoms with Crippen LogP contribution in [0.4, 0.5) is 0 Å². The number of hydrogen-bond donors (Lipinski definition) is 1. The Morgan fingerprint density at radius 1 is 0.952 bits per heavy atom. The predicted octanol–water partition coefficient (Wildman–Crippen LogP) is 4.13. The highest BCUT2D eigenvalue weighted by atomic mass is 16.5. The van der Waals surface area contributed by atoms with E-state index < -0.39 is 0 Å². The minimum atomic E-state index is 0.630. The molecule has 0 atom stereocenters. The van der Waals surface area contributed by atoms with Gasteiger partial charge in [0.1, 0.15) is 5.75 Å². The van der Waals surface area contributed by atoms with Gasteiger partial charge in [0.05, 0.1) is 6.61 Å². The van der Waals surface area contributed by atoms with Crippen molar-refractivity contribution in [1.29, 1.82) is 0 Å². The van der Waals surface area contributed by atoms with Crippen LogP contribution in [0.1, 0.15) is 25.3 Å². The summed E-state index contributed by atoms with van der Waals surface area (Å²) >= 11 is 0. The quantitative estimate of drug-likeness (QED) is 0.828. The maximum absolute atomic E-state index is 6.08. The van der Waals surface area contributed by atoms with Crippen LogP contribution in [0, 0.1) is 0 Å². The molecule has 3 heteroatoms. The first-order valence-electron chi connectivity index (χ1n) is 7.58. The van der Waals surface area contributed by atoms with E-state index in [1.54, 1.807) is 0 Å². The molecule has 0 saturated heterocycles. The van der Waals surface area contributed by atoms with Crippen LogP contribution in [-0.2, 0) is 6.54 Å². The molecule has 0 heterocycles. The van der Waals surface area contributed by atoms with E-state index in [0.717, 1.165) is 23.8 Å². The van der Waals surface area contributed by atoms with Gasteiger partial charge in [-0.3, -0.25) is 0 Å². The Bertz CT molecular complexity index is 593. The molecular weight excluding hydrogens is 262 g/mol. The molecule has 21 heavy (non-hydrogen) atoms. The zero-order chi connectivity index (χ0) is 14.5.